The third-order valence-electron chi connectivity index (χ3n) is 2.68. The van der Waals surface area contributed by atoms with E-state index in [2.05, 4.69) is 4.99 Å². The highest BCUT2D eigenvalue weighted by molar-refractivity contribution is 6.01. The van der Waals surface area contributed by atoms with Gasteiger partial charge in [-0.15, -0.1) is 0 Å². The summed E-state index contributed by atoms with van der Waals surface area (Å²) in [7, 11) is 1.49. The van der Waals surface area contributed by atoms with Crippen LogP contribution >= 0.6 is 0 Å². The Morgan fingerprint density at radius 3 is 2.50 bits per heavy atom. The first-order chi connectivity index (χ1) is 7.23. The molecule has 0 bridgehead atoms. The van der Waals surface area contributed by atoms with Crippen molar-refractivity contribution in [2.24, 2.45) is 16.1 Å². The van der Waals surface area contributed by atoms with E-state index in [9.17, 15) is 9.59 Å². The number of carbonyl (C=O) groups is 2. The molecule has 1 aliphatic rings. The molecule has 0 aliphatic carbocycles. The molecule has 1 heterocycles. The zero-order chi connectivity index (χ0) is 12.5. The van der Waals surface area contributed by atoms with Crippen molar-refractivity contribution >= 4 is 17.6 Å². The van der Waals surface area contributed by atoms with Gasteiger partial charge in [-0.3, -0.25) is 19.5 Å². The van der Waals surface area contributed by atoms with Crippen molar-refractivity contribution in [3.8, 4) is 0 Å². The van der Waals surface area contributed by atoms with Crippen LogP contribution in [0.15, 0.2) is 4.99 Å². The molecule has 1 aliphatic heterocycles. The molecule has 0 aromatic heterocycles. The standard InChI is InChI=1S/C11H19N3O2/c1-11(2,3)10(12)13-7-5-6-8(15)14(4)9(7)16/h7H,5-6H2,1-4H3,(H2,12,13). The highest BCUT2D eigenvalue weighted by atomic mass is 16.2. The summed E-state index contributed by atoms with van der Waals surface area (Å²) in [5, 5.41) is 0. The molecule has 5 nitrogen and oxygen atoms in total. The first kappa shape index (κ1) is 12.7. The molecule has 0 aromatic carbocycles. The van der Waals surface area contributed by atoms with E-state index in [1.165, 1.54) is 7.05 Å². The maximum Gasteiger partial charge on any atom is 0.253 e. The molecule has 5 heteroatoms. The van der Waals surface area contributed by atoms with Gasteiger partial charge in [0.05, 0.1) is 0 Å². The fourth-order valence-electron chi connectivity index (χ4n) is 1.38. The molecule has 1 atom stereocenters. The molecule has 0 radical (unpaired) electrons. The van der Waals surface area contributed by atoms with Crippen LogP contribution in [0, 0.1) is 5.41 Å². The molecule has 90 valence electrons. The number of imide groups is 1. The van der Waals surface area contributed by atoms with Gasteiger partial charge in [0.25, 0.3) is 5.91 Å². The van der Waals surface area contributed by atoms with Crippen LogP contribution in [0.3, 0.4) is 0 Å². The smallest absolute Gasteiger partial charge is 0.253 e. The molecule has 0 saturated carbocycles. The zero-order valence-electron chi connectivity index (χ0n) is 10.3. The molecular weight excluding hydrogens is 206 g/mol. The Labute approximate surface area is 95.7 Å². The van der Waals surface area contributed by atoms with Crippen LogP contribution in [-0.4, -0.2) is 35.6 Å². The lowest BCUT2D eigenvalue weighted by Gasteiger charge is -2.27. The first-order valence-electron chi connectivity index (χ1n) is 5.37. The number of piperidine rings is 1. The van der Waals surface area contributed by atoms with Gasteiger partial charge >= 0.3 is 0 Å². The monoisotopic (exact) mass is 225 g/mol. The molecule has 2 amide bonds. The molecule has 1 unspecified atom stereocenters. The molecule has 0 spiro atoms. The van der Waals surface area contributed by atoms with Crippen molar-refractivity contribution in [2.45, 2.75) is 39.7 Å². The van der Waals surface area contributed by atoms with Gasteiger partial charge in [0.15, 0.2) is 0 Å². The minimum Gasteiger partial charge on any atom is -0.387 e. The predicted octanol–water partition coefficient (Wildman–Crippen LogP) is 0.537. The second-order valence-electron chi connectivity index (χ2n) is 5.11. The van der Waals surface area contributed by atoms with Crippen molar-refractivity contribution in [3.05, 3.63) is 0 Å². The summed E-state index contributed by atoms with van der Waals surface area (Å²) in [6, 6.07) is -0.498. The van der Waals surface area contributed by atoms with Crippen molar-refractivity contribution in [1.82, 2.24) is 4.90 Å². The SMILES string of the molecule is CN1C(=O)CCC(N=C(N)C(C)(C)C)C1=O. The Hall–Kier alpha value is -1.39. The van der Waals surface area contributed by atoms with Gasteiger partial charge in [-0.05, 0) is 6.42 Å². The van der Waals surface area contributed by atoms with E-state index in [1.807, 2.05) is 20.8 Å². The Bertz CT molecular complexity index is 342. The van der Waals surface area contributed by atoms with Crippen molar-refractivity contribution in [3.63, 3.8) is 0 Å². The van der Waals surface area contributed by atoms with Crippen LogP contribution in [-0.2, 0) is 9.59 Å². The van der Waals surface area contributed by atoms with E-state index < -0.39 is 6.04 Å². The first-order valence-corrected chi connectivity index (χ1v) is 5.37. The van der Waals surface area contributed by atoms with Crippen LogP contribution in [0.5, 0.6) is 0 Å². The van der Waals surface area contributed by atoms with E-state index in [4.69, 9.17) is 5.73 Å². The zero-order valence-corrected chi connectivity index (χ0v) is 10.3. The second-order valence-corrected chi connectivity index (χ2v) is 5.11. The summed E-state index contributed by atoms with van der Waals surface area (Å²) in [5.41, 5.74) is 5.57. The minimum atomic E-state index is -0.498. The summed E-state index contributed by atoms with van der Waals surface area (Å²) in [5.74, 6) is 0.0443. The lowest BCUT2D eigenvalue weighted by atomic mass is 9.94. The van der Waals surface area contributed by atoms with E-state index in [-0.39, 0.29) is 17.2 Å². The fraction of sp³-hybridized carbons (Fsp3) is 0.727. The Balaban J connectivity index is 2.84. The summed E-state index contributed by atoms with van der Waals surface area (Å²) in [6.07, 6.45) is 0.812. The van der Waals surface area contributed by atoms with E-state index in [1.54, 1.807) is 0 Å². The van der Waals surface area contributed by atoms with Crippen LogP contribution < -0.4 is 5.73 Å². The van der Waals surface area contributed by atoms with Crippen molar-refractivity contribution in [2.75, 3.05) is 7.05 Å². The third-order valence-corrected chi connectivity index (χ3v) is 2.68. The highest BCUT2D eigenvalue weighted by Gasteiger charge is 2.32. The van der Waals surface area contributed by atoms with Crippen LogP contribution in [0.1, 0.15) is 33.6 Å². The lowest BCUT2D eigenvalue weighted by molar-refractivity contribution is -0.147. The Morgan fingerprint density at radius 1 is 1.44 bits per heavy atom. The lowest BCUT2D eigenvalue weighted by Crippen LogP contribution is -2.45. The number of nitrogens with zero attached hydrogens (tertiary/aromatic N) is 2. The number of amides is 2. The summed E-state index contributed by atoms with van der Waals surface area (Å²) in [6.45, 7) is 5.82. The van der Waals surface area contributed by atoms with E-state index >= 15 is 0 Å². The van der Waals surface area contributed by atoms with E-state index in [0.29, 0.717) is 18.7 Å². The van der Waals surface area contributed by atoms with Crippen LogP contribution in [0.2, 0.25) is 0 Å². The van der Waals surface area contributed by atoms with Gasteiger partial charge in [0.1, 0.15) is 11.9 Å². The van der Waals surface area contributed by atoms with E-state index in [0.717, 1.165) is 4.90 Å². The topological polar surface area (TPSA) is 75.8 Å². The average molecular weight is 225 g/mol. The largest absolute Gasteiger partial charge is 0.387 e. The summed E-state index contributed by atoms with van der Waals surface area (Å²) >= 11 is 0. The van der Waals surface area contributed by atoms with Gasteiger partial charge in [-0.25, -0.2) is 0 Å². The maximum absolute atomic E-state index is 11.7. The molecule has 0 aromatic rings. The number of rotatable bonds is 1. The number of aliphatic imine (C=N–C) groups is 1. The van der Waals surface area contributed by atoms with Gasteiger partial charge in [0, 0.05) is 18.9 Å². The summed E-state index contributed by atoms with van der Waals surface area (Å²) < 4.78 is 0. The minimum absolute atomic E-state index is 0.147. The number of hydrogen-bond donors (Lipinski definition) is 1. The Kier molecular flexibility index (Phi) is 3.35. The molecule has 2 N–H and O–H groups in total. The van der Waals surface area contributed by atoms with Gasteiger partial charge in [-0.1, -0.05) is 20.8 Å². The fourth-order valence-corrected chi connectivity index (χ4v) is 1.38. The third kappa shape index (κ3) is 2.59. The number of hydrogen-bond acceptors (Lipinski definition) is 3. The Morgan fingerprint density at radius 2 is 2.00 bits per heavy atom. The second kappa shape index (κ2) is 4.23. The van der Waals surface area contributed by atoms with Gasteiger partial charge in [0.2, 0.25) is 5.91 Å². The number of amidine groups is 1. The maximum atomic E-state index is 11.7. The summed E-state index contributed by atoms with van der Waals surface area (Å²) in [4.78, 5) is 28.4. The number of carbonyl (C=O) groups excluding carboxylic acids is 2. The average Bonchev–Trinajstić information content (AvgIpc) is 2.17. The highest BCUT2D eigenvalue weighted by Crippen LogP contribution is 2.18. The van der Waals surface area contributed by atoms with Crippen molar-refractivity contribution < 1.29 is 9.59 Å². The van der Waals surface area contributed by atoms with Crippen LogP contribution in [0.25, 0.3) is 0 Å². The predicted molar refractivity (Wildman–Crippen MR) is 61.9 cm³/mol. The van der Waals surface area contributed by atoms with Gasteiger partial charge in [-0.2, -0.15) is 0 Å². The quantitative estimate of drug-likeness (QED) is 0.402. The molecule has 1 fully saturated rings. The molecular formula is C11H19N3O2. The molecule has 1 saturated heterocycles. The normalized spacial score (nSPS) is 23.9. The van der Waals surface area contributed by atoms with Gasteiger partial charge < -0.3 is 5.73 Å². The molecule has 1 rings (SSSR count). The number of nitrogens with two attached hydrogens (primary N) is 1. The number of likely N-dealkylation sites (N-methyl/N-ethyl adjacent to an activating group) is 1. The van der Waals surface area contributed by atoms with Crippen molar-refractivity contribution in [1.29, 1.82) is 0 Å². The number of likely N-dealkylation sites (tertiary alicyclic amines) is 1. The van der Waals surface area contributed by atoms with Crippen LogP contribution in [0.4, 0.5) is 0 Å². The molecule has 16 heavy (non-hydrogen) atoms.